The van der Waals surface area contributed by atoms with E-state index in [-0.39, 0.29) is 5.69 Å². The average Bonchev–Trinajstić information content (AvgIpc) is 2.19. The van der Waals surface area contributed by atoms with Crippen LogP contribution in [0.4, 0.5) is 0 Å². The molecule has 76 valence electrons. The molecule has 0 amide bonds. The van der Waals surface area contributed by atoms with E-state index >= 15 is 0 Å². The van der Waals surface area contributed by atoms with Crippen LogP contribution in [0.25, 0.3) is 10.8 Å². The van der Waals surface area contributed by atoms with Crippen molar-refractivity contribution in [1.29, 1.82) is 0 Å². The topological polar surface area (TPSA) is 83.0 Å². The molecule has 1 heterocycles. The first kappa shape index (κ1) is 9.85. The van der Waals surface area contributed by atoms with Crippen LogP contribution in [0.15, 0.2) is 27.5 Å². The Kier molecular flexibility index (Phi) is 2.28. The number of halogens is 1. The van der Waals surface area contributed by atoms with Crippen molar-refractivity contribution in [2.24, 2.45) is 0 Å². The molecule has 5 nitrogen and oxygen atoms in total. The molecule has 1 aromatic carbocycles. The van der Waals surface area contributed by atoms with Gasteiger partial charge in [0.2, 0.25) is 0 Å². The third-order valence-electron chi connectivity index (χ3n) is 1.95. The van der Waals surface area contributed by atoms with Crippen molar-refractivity contribution in [1.82, 2.24) is 10.2 Å². The van der Waals surface area contributed by atoms with Gasteiger partial charge in [0.15, 0.2) is 5.69 Å². The second-order valence-corrected chi connectivity index (χ2v) is 3.81. The number of aromatic nitrogens is 2. The molecule has 0 aliphatic carbocycles. The molecule has 2 aromatic rings. The van der Waals surface area contributed by atoms with Gasteiger partial charge in [-0.2, -0.15) is 5.10 Å². The number of aromatic carboxylic acids is 1. The van der Waals surface area contributed by atoms with E-state index in [2.05, 4.69) is 26.1 Å². The highest BCUT2D eigenvalue weighted by atomic mass is 79.9. The second kappa shape index (κ2) is 3.47. The number of H-pyrrole nitrogens is 1. The van der Waals surface area contributed by atoms with Crippen LogP contribution in [-0.2, 0) is 0 Å². The number of nitrogens with zero attached hydrogens (tertiary/aromatic N) is 1. The molecule has 0 saturated carbocycles. The van der Waals surface area contributed by atoms with Crippen molar-refractivity contribution in [3.05, 3.63) is 38.7 Å². The number of nitrogens with one attached hydrogen (secondary N) is 1. The Morgan fingerprint density at radius 3 is 2.80 bits per heavy atom. The lowest BCUT2D eigenvalue weighted by molar-refractivity contribution is 0.0691. The van der Waals surface area contributed by atoms with E-state index in [0.717, 1.165) is 0 Å². The van der Waals surface area contributed by atoms with Gasteiger partial charge >= 0.3 is 5.97 Å². The first-order valence-electron chi connectivity index (χ1n) is 4.01. The van der Waals surface area contributed by atoms with Crippen molar-refractivity contribution in [2.45, 2.75) is 0 Å². The number of benzene rings is 1. The summed E-state index contributed by atoms with van der Waals surface area (Å²) in [5, 5.41) is 15.1. The van der Waals surface area contributed by atoms with Crippen LogP contribution in [0.2, 0.25) is 0 Å². The number of carboxylic acids is 1. The van der Waals surface area contributed by atoms with Crippen LogP contribution in [0, 0.1) is 0 Å². The van der Waals surface area contributed by atoms with Gasteiger partial charge in [0.05, 0.1) is 5.39 Å². The van der Waals surface area contributed by atoms with E-state index in [1.165, 1.54) is 0 Å². The van der Waals surface area contributed by atoms with Gasteiger partial charge in [-0.3, -0.25) is 4.79 Å². The molecule has 1 aromatic heterocycles. The summed E-state index contributed by atoms with van der Waals surface area (Å²) in [6.45, 7) is 0. The Bertz CT molecular complexity index is 606. The standard InChI is InChI=1S/C9H5BrN2O3/c10-4-1-2-5-6(3-4)8(13)12-11-7(5)9(14)15/h1-3H,(H,12,13)(H,14,15). The van der Waals surface area contributed by atoms with E-state index in [1.54, 1.807) is 18.2 Å². The normalized spacial score (nSPS) is 10.5. The van der Waals surface area contributed by atoms with Gasteiger partial charge in [-0.1, -0.05) is 22.0 Å². The molecule has 0 aliphatic rings. The number of hydrogen-bond acceptors (Lipinski definition) is 3. The van der Waals surface area contributed by atoms with Crippen molar-refractivity contribution >= 4 is 32.7 Å². The van der Waals surface area contributed by atoms with Crippen LogP contribution >= 0.6 is 15.9 Å². The Balaban J connectivity index is 2.95. The van der Waals surface area contributed by atoms with Gasteiger partial charge in [0, 0.05) is 9.86 Å². The van der Waals surface area contributed by atoms with E-state index in [9.17, 15) is 9.59 Å². The lowest BCUT2D eigenvalue weighted by Gasteiger charge is -2.00. The molecule has 0 spiro atoms. The lowest BCUT2D eigenvalue weighted by Crippen LogP contribution is -2.13. The summed E-state index contributed by atoms with van der Waals surface area (Å²) in [4.78, 5) is 22.2. The summed E-state index contributed by atoms with van der Waals surface area (Å²) in [6.07, 6.45) is 0. The van der Waals surface area contributed by atoms with E-state index in [1.807, 2.05) is 0 Å². The van der Waals surface area contributed by atoms with Gasteiger partial charge in [-0.15, -0.1) is 0 Å². The molecule has 2 rings (SSSR count). The lowest BCUT2D eigenvalue weighted by atomic mass is 10.1. The maximum atomic E-state index is 11.4. The summed E-state index contributed by atoms with van der Waals surface area (Å²) in [5.74, 6) is -1.17. The molecule has 6 heteroatoms. The summed E-state index contributed by atoms with van der Waals surface area (Å²) < 4.78 is 0.711. The smallest absolute Gasteiger partial charge is 0.356 e. The van der Waals surface area contributed by atoms with E-state index in [0.29, 0.717) is 15.2 Å². The highest BCUT2D eigenvalue weighted by Crippen LogP contribution is 2.18. The molecule has 0 fully saturated rings. The first-order chi connectivity index (χ1) is 7.09. The monoisotopic (exact) mass is 268 g/mol. The molecular formula is C9H5BrN2O3. The van der Waals surface area contributed by atoms with Crippen LogP contribution < -0.4 is 5.56 Å². The zero-order valence-electron chi connectivity index (χ0n) is 7.32. The number of rotatable bonds is 1. The molecular weight excluding hydrogens is 264 g/mol. The first-order valence-corrected chi connectivity index (χ1v) is 4.80. The van der Waals surface area contributed by atoms with Crippen LogP contribution in [-0.4, -0.2) is 21.3 Å². The van der Waals surface area contributed by atoms with Gasteiger partial charge in [0.25, 0.3) is 5.56 Å². The number of hydrogen-bond donors (Lipinski definition) is 2. The van der Waals surface area contributed by atoms with Gasteiger partial charge < -0.3 is 5.11 Å². The predicted octanol–water partition coefficient (Wildman–Crippen LogP) is 1.38. The molecule has 2 N–H and O–H groups in total. The maximum absolute atomic E-state index is 11.4. The summed E-state index contributed by atoms with van der Waals surface area (Å²) in [7, 11) is 0. The summed E-state index contributed by atoms with van der Waals surface area (Å²) in [6, 6.07) is 4.77. The van der Waals surface area contributed by atoms with E-state index in [4.69, 9.17) is 5.11 Å². The van der Waals surface area contributed by atoms with Crippen LogP contribution in [0.3, 0.4) is 0 Å². The largest absolute Gasteiger partial charge is 0.476 e. The minimum absolute atomic E-state index is 0.155. The Morgan fingerprint density at radius 2 is 2.13 bits per heavy atom. The zero-order chi connectivity index (χ0) is 11.0. The molecule has 0 bridgehead atoms. The quantitative estimate of drug-likeness (QED) is 0.819. The SMILES string of the molecule is O=C(O)c1n[nH]c(=O)c2cc(Br)ccc12. The molecule has 0 radical (unpaired) electrons. The third-order valence-corrected chi connectivity index (χ3v) is 2.45. The molecule has 0 unspecified atom stereocenters. The van der Waals surface area contributed by atoms with Gasteiger partial charge in [-0.05, 0) is 12.1 Å². The van der Waals surface area contributed by atoms with Gasteiger partial charge in [0.1, 0.15) is 0 Å². The molecule has 0 aliphatic heterocycles. The molecule has 15 heavy (non-hydrogen) atoms. The highest BCUT2D eigenvalue weighted by molar-refractivity contribution is 9.10. The fraction of sp³-hybridized carbons (Fsp3) is 0. The number of carbonyl (C=O) groups is 1. The Labute approximate surface area is 91.9 Å². The minimum atomic E-state index is -1.17. The van der Waals surface area contributed by atoms with E-state index < -0.39 is 11.5 Å². The van der Waals surface area contributed by atoms with Crippen molar-refractivity contribution in [2.75, 3.05) is 0 Å². The van der Waals surface area contributed by atoms with Crippen molar-refractivity contribution in [3.8, 4) is 0 Å². The summed E-state index contributed by atoms with van der Waals surface area (Å²) >= 11 is 3.21. The molecule has 0 saturated heterocycles. The molecule has 0 atom stereocenters. The van der Waals surface area contributed by atoms with Crippen molar-refractivity contribution < 1.29 is 9.90 Å². The van der Waals surface area contributed by atoms with Crippen molar-refractivity contribution in [3.63, 3.8) is 0 Å². The number of carboxylic acid groups (broad SMARTS) is 1. The number of aromatic amines is 1. The Hall–Kier alpha value is -1.69. The van der Waals surface area contributed by atoms with Crippen LogP contribution in [0.5, 0.6) is 0 Å². The zero-order valence-corrected chi connectivity index (χ0v) is 8.91. The second-order valence-electron chi connectivity index (χ2n) is 2.90. The average molecular weight is 269 g/mol. The fourth-order valence-electron chi connectivity index (χ4n) is 1.30. The maximum Gasteiger partial charge on any atom is 0.356 e. The third kappa shape index (κ3) is 1.63. The highest BCUT2D eigenvalue weighted by Gasteiger charge is 2.12. The van der Waals surface area contributed by atoms with Crippen LogP contribution in [0.1, 0.15) is 10.5 Å². The fourth-order valence-corrected chi connectivity index (χ4v) is 1.66. The predicted molar refractivity (Wildman–Crippen MR) is 57.0 cm³/mol. The Morgan fingerprint density at radius 1 is 1.40 bits per heavy atom. The summed E-state index contributed by atoms with van der Waals surface area (Å²) in [5.41, 5.74) is -0.562. The minimum Gasteiger partial charge on any atom is -0.476 e. The number of fused-ring (bicyclic) bond motifs is 1. The van der Waals surface area contributed by atoms with Gasteiger partial charge in [-0.25, -0.2) is 9.89 Å².